The van der Waals surface area contributed by atoms with Gasteiger partial charge in [-0.25, -0.2) is 4.79 Å². The molecule has 21 heavy (non-hydrogen) atoms. The molecule has 0 saturated heterocycles. The number of rotatable bonds is 6. The molecule has 0 unspecified atom stereocenters. The van der Waals surface area contributed by atoms with Gasteiger partial charge in [-0.05, 0) is 25.0 Å². The number of carbonyl (C=O) groups is 1. The van der Waals surface area contributed by atoms with Crippen molar-refractivity contribution in [1.82, 2.24) is 10.6 Å². The van der Waals surface area contributed by atoms with Gasteiger partial charge in [-0.3, -0.25) is 0 Å². The van der Waals surface area contributed by atoms with Gasteiger partial charge in [0.25, 0.3) is 0 Å². The summed E-state index contributed by atoms with van der Waals surface area (Å²) in [6.07, 6.45) is 5.89. The SMILES string of the molecule is COc1cccc(OCCNC(=O)NC2CCCCC2)c1. The van der Waals surface area contributed by atoms with E-state index in [9.17, 15) is 4.79 Å². The molecule has 1 aliphatic rings. The number of carbonyl (C=O) groups excluding carboxylic acids is 1. The van der Waals surface area contributed by atoms with Crippen molar-refractivity contribution in [3.63, 3.8) is 0 Å². The summed E-state index contributed by atoms with van der Waals surface area (Å²) in [5.41, 5.74) is 0. The minimum atomic E-state index is -0.101. The molecule has 5 nitrogen and oxygen atoms in total. The number of methoxy groups -OCH3 is 1. The zero-order valence-corrected chi connectivity index (χ0v) is 12.6. The van der Waals surface area contributed by atoms with Crippen LogP contribution in [0.25, 0.3) is 0 Å². The molecule has 0 radical (unpaired) electrons. The Morgan fingerprint density at radius 1 is 1.24 bits per heavy atom. The molecule has 2 rings (SSSR count). The van der Waals surface area contributed by atoms with Crippen molar-refractivity contribution in [3.05, 3.63) is 24.3 Å². The molecule has 2 amide bonds. The Balaban J connectivity index is 1.61. The molecule has 5 heteroatoms. The van der Waals surface area contributed by atoms with E-state index in [-0.39, 0.29) is 6.03 Å². The van der Waals surface area contributed by atoms with Crippen LogP contribution in [0.1, 0.15) is 32.1 Å². The lowest BCUT2D eigenvalue weighted by Crippen LogP contribution is -2.44. The quantitative estimate of drug-likeness (QED) is 0.793. The van der Waals surface area contributed by atoms with Crippen molar-refractivity contribution in [3.8, 4) is 11.5 Å². The topological polar surface area (TPSA) is 59.6 Å². The van der Waals surface area contributed by atoms with Gasteiger partial charge in [-0.15, -0.1) is 0 Å². The predicted octanol–water partition coefficient (Wildman–Crippen LogP) is 2.71. The van der Waals surface area contributed by atoms with Gasteiger partial charge in [-0.2, -0.15) is 0 Å². The largest absolute Gasteiger partial charge is 0.497 e. The predicted molar refractivity (Wildman–Crippen MR) is 81.9 cm³/mol. The molecule has 1 aliphatic carbocycles. The molecular weight excluding hydrogens is 268 g/mol. The highest BCUT2D eigenvalue weighted by Gasteiger charge is 2.14. The molecule has 0 spiro atoms. The Hall–Kier alpha value is -1.91. The summed E-state index contributed by atoms with van der Waals surface area (Å²) < 4.78 is 10.7. The van der Waals surface area contributed by atoms with E-state index in [2.05, 4.69) is 10.6 Å². The summed E-state index contributed by atoms with van der Waals surface area (Å²) in [5, 5.41) is 5.83. The smallest absolute Gasteiger partial charge is 0.315 e. The van der Waals surface area contributed by atoms with Gasteiger partial charge in [0.1, 0.15) is 18.1 Å². The van der Waals surface area contributed by atoms with Crippen LogP contribution in [0.15, 0.2) is 24.3 Å². The summed E-state index contributed by atoms with van der Waals surface area (Å²) in [6.45, 7) is 0.918. The fraction of sp³-hybridized carbons (Fsp3) is 0.562. The fourth-order valence-corrected chi connectivity index (χ4v) is 2.51. The van der Waals surface area contributed by atoms with Crippen LogP contribution < -0.4 is 20.1 Å². The van der Waals surface area contributed by atoms with Crippen LogP contribution in [-0.2, 0) is 0 Å². The van der Waals surface area contributed by atoms with Crippen molar-refractivity contribution >= 4 is 6.03 Å². The van der Waals surface area contributed by atoms with E-state index in [0.29, 0.717) is 19.2 Å². The molecule has 0 aromatic heterocycles. The number of hydrogen-bond donors (Lipinski definition) is 2. The summed E-state index contributed by atoms with van der Waals surface area (Å²) in [4.78, 5) is 11.7. The first-order chi connectivity index (χ1) is 10.3. The van der Waals surface area contributed by atoms with E-state index in [1.54, 1.807) is 7.11 Å². The molecule has 0 aliphatic heterocycles. The van der Waals surface area contributed by atoms with E-state index < -0.39 is 0 Å². The van der Waals surface area contributed by atoms with Crippen molar-refractivity contribution in [2.24, 2.45) is 0 Å². The molecule has 1 aromatic rings. The minimum absolute atomic E-state index is 0.101. The highest BCUT2D eigenvalue weighted by Crippen LogP contribution is 2.18. The maximum absolute atomic E-state index is 11.7. The lowest BCUT2D eigenvalue weighted by atomic mass is 9.96. The second-order valence-electron chi connectivity index (χ2n) is 5.26. The van der Waals surface area contributed by atoms with Crippen LogP contribution >= 0.6 is 0 Å². The average Bonchev–Trinajstić information content (AvgIpc) is 2.53. The lowest BCUT2D eigenvalue weighted by Gasteiger charge is -2.22. The molecule has 1 aromatic carbocycles. The van der Waals surface area contributed by atoms with Gasteiger partial charge in [0.2, 0.25) is 0 Å². The van der Waals surface area contributed by atoms with Crippen molar-refractivity contribution < 1.29 is 14.3 Å². The highest BCUT2D eigenvalue weighted by molar-refractivity contribution is 5.74. The third-order valence-corrected chi connectivity index (χ3v) is 3.64. The Kier molecular flexibility index (Phi) is 6.19. The number of amides is 2. The first kappa shape index (κ1) is 15.5. The van der Waals surface area contributed by atoms with Crippen molar-refractivity contribution in [2.45, 2.75) is 38.1 Å². The highest BCUT2D eigenvalue weighted by atomic mass is 16.5. The average molecular weight is 292 g/mol. The molecule has 1 saturated carbocycles. The molecule has 116 valence electrons. The lowest BCUT2D eigenvalue weighted by molar-refractivity contribution is 0.228. The number of hydrogen-bond acceptors (Lipinski definition) is 3. The van der Waals surface area contributed by atoms with Gasteiger partial charge < -0.3 is 20.1 Å². The number of nitrogens with one attached hydrogen (secondary N) is 2. The van der Waals surface area contributed by atoms with Gasteiger partial charge in [0, 0.05) is 12.1 Å². The van der Waals surface area contributed by atoms with Gasteiger partial charge in [0.05, 0.1) is 13.7 Å². The van der Waals surface area contributed by atoms with Crippen molar-refractivity contribution in [1.29, 1.82) is 0 Å². The first-order valence-corrected chi connectivity index (χ1v) is 7.59. The summed E-state index contributed by atoms with van der Waals surface area (Å²) in [7, 11) is 1.62. The monoisotopic (exact) mass is 292 g/mol. The van der Waals surface area contributed by atoms with E-state index in [1.165, 1.54) is 19.3 Å². The minimum Gasteiger partial charge on any atom is -0.497 e. The second kappa shape index (κ2) is 8.39. The Morgan fingerprint density at radius 3 is 2.76 bits per heavy atom. The molecule has 0 atom stereocenters. The normalized spacial score (nSPS) is 15.3. The fourth-order valence-electron chi connectivity index (χ4n) is 2.51. The third-order valence-electron chi connectivity index (χ3n) is 3.64. The zero-order chi connectivity index (χ0) is 14.9. The molecule has 1 fully saturated rings. The van der Waals surface area contributed by atoms with Crippen LogP contribution in [0.3, 0.4) is 0 Å². The summed E-state index contributed by atoms with van der Waals surface area (Å²) in [6, 6.07) is 7.65. The Morgan fingerprint density at radius 2 is 2.00 bits per heavy atom. The van der Waals surface area contributed by atoms with Gasteiger partial charge in [-0.1, -0.05) is 25.3 Å². The van der Waals surface area contributed by atoms with Crippen LogP contribution in [0.5, 0.6) is 11.5 Å². The van der Waals surface area contributed by atoms with E-state index >= 15 is 0 Å². The second-order valence-corrected chi connectivity index (χ2v) is 5.26. The third kappa shape index (κ3) is 5.53. The number of urea groups is 1. The maximum Gasteiger partial charge on any atom is 0.315 e. The van der Waals surface area contributed by atoms with Crippen molar-refractivity contribution in [2.75, 3.05) is 20.3 Å². The standard InChI is InChI=1S/C16H24N2O3/c1-20-14-8-5-9-15(12-14)21-11-10-17-16(19)18-13-6-3-2-4-7-13/h5,8-9,12-13H,2-4,6-7,10-11H2,1H3,(H2,17,18,19). The van der Waals surface area contributed by atoms with Gasteiger partial charge in [0.15, 0.2) is 0 Å². The van der Waals surface area contributed by atoms with E-state index in [0.717, 1.165) is 24.3 Å². The van der Waals surface area contributed by atoms with E-state index in [1.807, 2.05) is 24.3 Å². The number of benzene rings is 1. The van der Waals surface area contributed by atoms with E-state index in [4.69, 9.17) is 9.47 Å². The van der Waals surface area contributed by atoms with Crippen LogP contribution in [0.4, 0.5) is 4.79 Å². The Bertz CT molecular complexity index is 445. The maximum atomic E-state index is 11.7. The first-order valence-electron chi connectivity index (χ1n) is 7.59. The Labute approximate surface area is 126 Å². The summed E-state index contributed by atoms with van der Waals surface area (Å²) >= 11 is 0. The molecule has 0 bridgehead atoms. The van der Waals surface area contributed by atoms with Crippen LogP contribution in [0.2, 0.25) is 0 Å². The zero-order valence-electron chi connectivity index (χ0n) is 12.6. The number of ether oxygens (including phenoxy) is 2. The molecular formula is C16H24N2O3. The van der Waals surface area contributed by atoms with Crippen LogP contribution in [-0.4, -0.2) is 32.3 Å². The summed E-state index contributed by atoms with van der Waals surface area (Å²) in [5.74, 6) is 1.50. The van der Waals surface area contributed by atoms with Gasteiger partial charge >= 0.3 is 6.03 Å². The van der Waals surface area contributed by atoms with Crippen LogP contribution in [0, 0.1) is 0 Å². The molecule has 0 heterocycles. The molecule has 2 N–H and O–H groups in total.